The van der Waals surface area contributed by atoms with Crippen molar-refractivity contribution in [3.8, 4) is 5.75 Å². The van der Waals surface area contributed by atoms with Gasteiger partial charge in [0.2, 0.25) is 5.91 Å². The van der Waals surface area contributed by atoms with Crippen LogP contribution in [0.25, 0.3) is 0 Å². The maximum atomic E-state index is 11.5. The highest BCUT2D eigenvalue weighted by molar-refractivity contribution is 8.00. The third-order valence-corrected chi connectivity index (χ3v) is 3.53. The number of thioether (sulfide) groups is 1. The summed E-state index contributed by atoms with van der Waals surface area (Å²) in [5.74, 6) is 0.773. The van der Waals surface area contributed by atoms with Crippen LogP contribution in [0.3, 0.4) is 0 Å². The van der Waals surface area contributed by atoms with E-state index in [0.717, 1.165) is 5.75 Å². The van der Waals surface area contributed by atoms with Gasteiger partial charge in [-0.3, -0.25) is 9.59 Å². The minimum absolute atomic E-state index is 0.117. The molecule has 6 nitrogen and oxygen atoms in total. The molecule has 0 radical (unpaired) electrons. The largest absolute Gasteiger partial charge is 0.492 e. The summed E-state index contributed by atoms with van der Waals surface area (Å²) in [6, 6.07) is 8.68. The molecule has 1 aromatic rings. The van der Waals surface area contributed by atoms with Gasteiger partial charge >= 0.3 is 5.97 Å². The van der Waals surface area contributed by atoms with E-state index in [9.17, 15) is 9.59 Å². The lowest BCUT2D eigenvalue weighted by Gasteiger charge is -2.09. The third-order valence-electron chi connectivity index (χ3n) is 2.47. The van der Waals surface area contributed by atoms with E-state index in [-0.39, 0.29) is 11.7 Å². The van der Waals surface area contributed by atoms with Crippen molar-refractivity contribution >= 4 is 23.6 Å². The molecule has 1 amide bonds. The van der Waals surface area contributed by atoms with E-state index in [4.69, 9.17) is 10.5 Å². The van der Waals surface area contributed by atoms with Gasteiger partial charge in [-0.25, -0.2) is 0 Å². The van der Waals surface area contributed by atoms with E-state index in [0.29, 0.717) is 18.9 Å². The minimum Gasteiger partial charge on any atom is -0.492 e. The van der Waals surface area contributed by atoms with Crippen molar-refractivity contribution in [2.45, 2.75) is 6.04 Å². The molecule has 0 heterocycles. The lowest BCUT2D eigenvalue weighted by atomic mass is 10.3. The summed E-state index contributed by atoms with van der Waals surface area (Å²) in [6.07, 6.45) is 0. The van der Waals surface area contributed by atoms with Crippen LogP contribution >= 0.6 is 11.8 Å². The molecule has 0 aromatic heterocycles. The second-order valence-electron chi connectivity index (χ2n) is 4.16. The number of carbonyl (C=O) groups excluding carboxylic acids is 2. The smallest absolute Gasteiger partial charge is 0.323 e. The van der Waals surface area contributed by atoms with Crippen molar-refractivity contribution in [2.24, 2.45) is 5.73 Å². The number of methoxy groups -OCH3 is 1. The lowest BCUT2D eigenvalue weighted by molar-refractivity contribution is -0.141. The van der Waals surface area contributed by atoms with Crippen LogP contribution in [0, 0.1) is 0 Å². The zero-order valence-corrected chi connectivity index (χ0v) is 12.7. The predicted octanol–water partition coefficient (Wildman–Crippen LogP) is 0.415. The molecule has 3 N–H and O–H groups in total. The second-order valence-corrected chi connectivity index (χ2v) is 5.19. The normalized spacial score (nSPS) is 11.5. The number of carbonyl (C=O) groups is 2. The lowest BCUT2D eigenvalue weighted by Crippen LogP contribution is -2.35. The Kier molecular flexibility index (Phi) is 8.30. The minimum atomic E-state index is -0.700. The molecule has 0 aliphatic heterocycles. The number of nitrogens with one attached hydrogen (secondary N) is 1. The van der Waals surface area contributed by atoms with Gasteiger partial charge in [-0.15, -0.1) is 11.8 Å². The maximum Gasteiger partial charge on any atom is 0.323 e. The molecule has 0 saturated heterocycles. The molecular formula is C14H20N2O4S. The fourth-order valence-electron chi connectivity index (χ4n) is 1.43. The quantitative estimate of drug-likeness (QED) is 0.507. The van der Waals surface area contributed by atoms with Gasteiger partial charge in [0.15, 0.2) is 0 Å². The van der Waals surface area contributed by atoms with E-state index in [1.165, 1.54) is 18.9 Å². The molecule has 116 valence electrons. The number of nitrogens with two attached hydrogens (primary N) is 1. The topological polar surface area (TPSA) is 90.7 Å². The first-order valence-electron chi connectivity index (χ1n) is 6.49. The average Bonchev–Trinajstić information content (AvgIpc) is 2.51. The Morgan fingerprint density at radius 2 is 2.05 bits per heavy atom. The van der Waals surface area contributed by atoms with Crippen molar-refractivity contribution in [2.75, 3.05) is 31.8 Å². The number of hydrogen-bond donors (Lipinski definition) is 2. The van der Waals surface area contributed by atoms with E-state index >= 15 is 0 Å². The van der Waals surface area contributed by atoms with E-state index in [1.54, 1.807) is 0 Å². The van der Waals surface area contributed by atoms with Crippen LogP contribution in [0.15, 0.2) is 30.3 Å². The first-order valence-corrected chi connectivity index (χ1v) is 7.64. The molecule has 0 fully saturated rings. The van der Waals surface area contributed by atoms with Crippen molar-refractivity contribution in [1.29, 1.82) is 0 Å². The molecule has 1 aromatic carbocycles. The second kappa shape index (κ2) is 10.1. The van der Waals surface area contributed by atoms with Gasteiger partial charge in [-0.1, -0.05) is 18.2 Å². The molecule has 0 aliphatic rings. The molecule has 21 heavy (non-hydrogen) atoms. The molecule has 0 spiro atoms. The van der Waals surface area contributed by atoms with Crippen LogP contribution < -0.4 is 15.8 Å². The van der Waals surface area contributed by atoms with Crippen molar-refractivity contribution in [1.82, 2.24) is 5.32 Å². The van der Waals surface area contributed by atoms with Gasteiger partial charge < -0.3 is 20.5 Å². The third kappa shape index (κ3) is 7.57. The van der Waals surface area contributed by atoms with Gasteiger partial charge in [0, 0.05) is 5.75 Å². The highest BCUT2D eigenvalue weighted by atomic mass is 32.2. The number of para-hydroxylation sites is 1. The monoisotopic (exact) mass is 312 g/mol. The maximum absolute atomic E-state index is 11.5. The Balaban J connectivity index is 2.05. The number of benzene rings is 1. The highest BCUT2D eigenvalue weighted by Crippen LogP contribution is 2.07. The Morgan fingerprint density at radius 3 is 2.71 bits per heavy atom. The Morgan fingerprint density at radius 1 is 1.33 bits per heavy atom. The molecule has 1 atom stereocenters. The van der Waals surface area contributed by atoms with Crippen LogP contribution in [-0.2, 0) is 14.3 Å². The van der Waals surface area contributed by atoms with Crippen LogP contribution in [0.5, 0.6) is 5.75 Å². The molecule has 0 saturated carbocycles. The van der Waals surface area contributed by atoms with Crippen molar-refractivity contribution in [3.05, 3.63) is 30.3 Å². The van der Waals surface area contributed by atoms with Gasteiger partial charge in [-0.05, 0) is 12.1 Å². The molecule has 1 unspecified atom stereocenters. The zero-order chi connectivity index (χ0) is 15.5. The summed E-state index contributed by atoms with van der Waals surface area (Å²) >= 11 is 1.29. The van der Waals surface area contributed by atoms with Crippen molar-refractivity contribution < 1.29 is 19.1 Å². The van der Waals surface area contributed by atoms with Gasteiger partial charge in [0.05, 0.1) is 19.4 Å². The molecular weight excluding hydrogens is 292 g/mol. The predicted molar refractivity (Wildman–Crippen MR) is 82.3 cm³/mol. The van der Waals surface area contributed by atoms with E-state index in [2.05, 4.69) is 10.1 Å². The van der Waals surface area contributed by atoms with Gasteiger partial charge in [0.1, 0.15) is 18.4 Å². The number of hydrogen-bond acceptors (Lipinski definition) is 6. The Bertz CT molecular complexity index is 442. The van der Waals surface area contributed by atoms with Gasteiger partial charge in [0.25, 0.3) is 0 Å². The number of ether oxygens (including phenoxy) is 2. The first kappa shape index (κ1) is 17.3. The molecule has 0 aliphatic carbocycles. The van der Waals surface area contributed by atoms with Crippen LogP contribution in [0.1, 0.15) is 0 Å². The zero-order valence-electron chi connectivity index (χ0n) is 11.9. The fourth-order valence-corrected chi connectivity index (χ4v) is 2.22. The molecule has 0 bridgehead atoms. The summed E-state index contributed by atoms with van der Waals surface area (Å²) in [7, 11) is 1.28. The molecule has 7 heteroatoms. The van der Waals surface area contributed by atoms with Crippen LogP contribution in [0.2, 0.25) is 0 Å². The standard InChI is InChI=1S/C14H20N2O4S/c1-19-14(18)12(15)9-21-10-13(17)16-7-8-20-11-5-3-2-4-6-11/h2-6,12H,7-10,15H2,1H3,(H,16,17). The number of rotatable bonds is 9. The van der Waals surface area contributed by atoms with Crippen molar-refractivity contribution in [3.63, 3.8) is 0 Å². The highest BCUT2D eigenvalue weighted by Gasteiger charge is 2.14. The number of amides is 1. The summed E-state index contributed by atoms with van der Waals surface area (Å²) in [5, 5.41) is 2.73. The summed E-state index contributed by atoms with van der Waals surface area (Å²) in [5.41, 5.74) is 5.55. The summed E-state index contributed by atoms with van der Waals surface area (Å²) in [4.78, 5) is 22.6. The van der Waals surface area contributed by atoms with E-state index < -0.39 is 12.0 Å². The Hall–Kier alpha value is -1.73. The Labute approximate surface area is 128 Å². The van der Waals surface area contributed by atoms with Crippen LogP contribution in [-0.4, -0.2) is 49.7 Å². The fraction of sp³-hybridized carbons (Fsp3) is 0.429. The summed E-state index contributed by atoms with van der Waals surface area (Å²) in [6.45, 7) is 0.833. The van der Waals surface area contributed by atoms with E-state index in [1.807, 2.05) is 30.3 Å². The average molecular weight is 312 g/mol. The first-order chi connectivity index (χ1) is 10.1. The number of esters is 1. The van der Waals surface area contributed by atoms with Gasteiger partial charge in [-0.2, -0.15) is 0 Å². The van der Waals surface area contributed by atoms with Crippen LogP contribution in [0.4, 0.5) is 0 Å². The summed E-state index contributed by atoms with van der Waals surface area (Å²) < 4.78 is 9.94. The SMILES string of the molecule is COC(=O)C(N)CSCC(=O)NCCOc1ccccc1. The molecule has 1 rings (SSSR count).